The van der Waals surface area contributed by atoms with E-state index in [1.807, 2.05) is 7.05 Å². The van der Waals surface area contributed by atoms with Gasteiger partial charge in [0.2, 0.25) is 0 Å². The monoisotopic (exact) mass is 262 g/mol. The molecule has 0 radical (unpaired) electrons. The molecule has 0 spiro atoms. The number of rotatable bonds is 4. The topological polar surface area (TPSA) is 49.4 Å². The third-order valence-electron chi connectivity index (χ3n) is 3.58. The molecule has 0 bridgehead atoms. The van der Waals surface area contributed by atoms with Gasteiger partial charge < -0.3 is 10.2 Å². The Morgan fingerprint density at radius 3 is 2.24 bits per heavy atom. The van der Waals surface area contributed by atoms with E-state index < -0.39 is 14.6 Å². The Labute approximate surface area is 106 Å². The summed E-state index contributed by atoms with van der Waals surface area (Å²) >= 11 is 0. The molecule has 0 aromatic heterocycles. The predicted octanol–water partition coefficient (Wildman–Crippen LogP) is 0.884. The number of nitrogens with zero attached hydrogens (tertiary/aromatic N) is 1. The molecule has 0 unspecified atom stereocenters. The van der Waals surface area contributed by atoms with Gasteiger partial charge in [-0.05, 0) is 53.8 Å². The molecule has 1 fully saturated rings. The predicted molar refractivity (Wildman–Crippen MR) is 72.1 cm³/mol. The molecule has 1 aliphatic rings. The van der Waals surface area contributed by atoms with E-state index in [1.165, 1.54) is 0 Å². The fourth-order valence-electron chi connectivity index (χ4n) is 2.00. The fourth-order valence-corrected chi connectivity index (χ4v) is 3.14. The molecule has 0 saturated carbocycles. The largest absolute Gasteiger partial charge is 0.317 e. The van der Waals surface area contributed by atoms with Crippen LogP contribution < -0.4 is 5.32 Å². The number of hydrogen-bond acceptors (Lipinski definition) is 4. The normalized spacial score (nSPS) is 19.8. The second-order valence-corrected chi connectivity index (χ2v) is 8.76. The quantitative estimate of drug-likeness (QED) is 0.817. The Kier molecular flexibility index (Phi) is 4.98. The van der Waals surface area contributed by atoms with Crippen LogP contribution in [0.5, 0.6) is 0 Å². The molecule has 0 aromatic rings. The molecule has 0 atom stereocenters. The first-order chi connectivity index (χ1) is 7.74. The van der Waals surface area contributed by atoms with Crippen LogP contribution in [0.25, 0.3) is 0 Å². The van der Waals surface area contributed by atoms with Crippen LogP contribution in [-0.4, -0.2) is 56.5 Å². The highest BCUT2D eigenvalue weighted by atomic mass is 32.2. The van der Waals surface area contributed by atoms with Gasteiger partial charge in [0, 0.05) is 12.6 Å². The Bertz CT molecular complexity index is 327. The molecule has 1 N–H and O–H groups in total. The van der Waals surface area contributed by atoms with Crippen LogP contribution in [0.2, 0.25) is 0 Å². The Balaban J connectivity index is 2.45. The molecule has 1 aliphatic heterocycles. The minimum absolute atomic E-state index is 0.261. The zero-order chi connectivity index (χ0) is 13.1. The number of piperidine rings is 1. The van der Waals surface area contributed by atoms with Crippen molar-refractivity contribution in [2.24, 2.45) is 0 Å². The maximum Gasteiger partial charge on any atom is 0.156 e. The summed E-state index contributed by atoms with van der Waals surface area (Å²) in [5, 5.41) is 3.32. The molecule has 4 nitrogen and oxygen atoms in total. The molecule has 1 saturated heterocycles. The molecule has 0 aliphatic carbocycles. The molecule has 17 heavy (non-hydrogen) atoms. The van der Waals surface area contributed by atoms with Crippen LogP contribution in [-0.2, 0) is 9.84 Å². The van der Waals surface area contributed by atoms with Crippen molar-refractivity contribution >= 4 is 9.84 Å². The Hall–Kier alpha value is -0.130. The lowest BCUT2D eigenvalue weighted by atomic mass is 10.1. The van der Waals surface area contributed by atoms with Crippen LogP contribution in [0.15, 0.2) is 0 Å². The molecule has 1 heterocycles. The van der Waals surface area contributed by atoms with E-state index >= 15 is 0 Å². The van der Waals surface area contributed by atoms with Gasteiger partial charge in [-0.3, -0.25) is 0 Å². The molecule has 0 aromatic carbocycles. The van der Waals surface area contributed by atoms with Crippen LogP contribution in [0.1, 0.15) is 33.6 Å². The molecular weight excluding hydrogens is 236 g/mol. The van der Waals surface area contributed by atoms with Gasteiger partial charge in [-0.1, -0.05) is 0 Å². The summed E-state index contributed by atoms with van der Waals surface area (Å²) in [4.78, 5) is 2.20. The van der Waals surface area contributed by atoms with Crippen molar-refractivity contribution < 1.29 is 8.42 Å². The van der Waals surface area contributed by atoms with E-state index in [2.05, 4.69) is 10.2 Å². The molecule has 5 heteroatoms. The van der Waals surface area contributed by atoms with Crippen molar-refractivity contribution in [1.29, 1.82) is 0 Å². The SMILES string of the molecule is CN(CCS(=O)(=O)C(C)(C)C)C1CCNCC1. The second-order valence-electron chi connectivity index (χ2n) is 5.89. The lowest BCUT2D eigenvalue weighted by Crippen LogP contribution is -2.44. The minimum Gasteiger partial charge on any atom is -0.317 e. The maximum atomic E-state index is 12.0. The third-order valence-corrected chi connectivity index (χ3v) is 6.16. The van der Waals surface area contributed by atoms with Gasteiger partial charge in [-0.15, -0.1) is 0 Å². The van der Waals surface area contributed by atoms with Crippen molar-refractivity contribution in [3.05, 3.63) is 0 Å². The van der Waals surface area contributed by atoms with E-state index in [0.717, 1.165) is 25.9 Å². The fraction of sp³-hybridized carbons (Fsp3) is 1.00. The standard InChI is InChI=1S/C12H26N2O2S/c1-12(2,3)17(15,16)10-9-14(4)11-5-7-13-8-6-11/h11,13H,5-10H2,1-4H3. The van der Waals surface area contributed by atoms with Crippen molar-refractivity contribution in [3.8, 4) is 0 Å². The average Bonchev–Trinajstić information content (AvgIpc) is 2.25. The highest BCUT2D eigenvalue weighted by Crippen LogP contribution is 2.17. The number of sulfone groups is 1. The summed E-state index contributed by atoms with van der Waals surface area (Å²) in [6.07, 6.45) is 2.23. The number of hydrogen-bond donors (Lipinski definition) is 1. The zero-order valence-corrected chi connectivity index (χ0v) is 12.3. The molecule has 102 valence electrons. The Morgan fingerprint density at radius 2 is 1.76 bits per heavy atom. The van der Waals surface area contributed by atoms with Gasteiger partial charge in [-0.25, -0.2) is 8.42 Å². The summed E-state index contributed by atoms with van der Waals surface area (Å²) in [6.45, 7) is 8.04. The van der Waals surface area contributed by atoms with Crippen LogP contribution in [0, 0.1) is 0 Å². The maximum absolute atomic E-state index is 12.0. The van der Waals surface area contributed by atoms with Crippen molar-refractivity contribution in [2.45, 2.75) is 44.4 Å². The molecule has 1 rings (SSSR count). The summed E-state index contributed by atoms with van der Waals surface area (Å²) in [5.74, 6) is 0.261. The smallest absolute Gasteiger partial charge is 0.156 e. The first kappa shape index (κ1) is 14.9. The third kappa shape index (κ3) is 4.23. The van der Waals surface area contributed by atoms with E-state index in [0.29, 0.717) is 12.6 Å². The highest BCUT2D eigenvalue weighted by molar-refractivity contribution is 7.92. The average molecular weight is 262 g/mol. The first-order valence-electron chi connectivity index (χ1n) is 6.37. The van der Waals surface area contributed by atoms with Gasteiger partial charge in [0.1, 0.15) is 0 Å². The van der Waals surface area contributed by atoms with Crippen LogP contribution >= 0.6 is 0 Å². The number of nitrogens with one attached hydrogen (secondary N) is 1. The molecular formula is C12H26N2O2S. The Morgan fingerprint density at radius 1 is 1.24 bits per heavy atom. The van der Waals surface area contributed by atoms with E-state index in [-0.39, 0.29) is 5.75 Å². The second kappa shape index (κ2) is 5.67. The van der Waals surface area contributed by atoms with Crippen LogP contribution in [0.4, 0.5) is 0 Å². The molecule has 0 amide bonds. The van der Waals surface area contributed by atoms with Gasteiger partial charge in [0.15, 0.2) is 9.84 Å². The van der Waals surface area contributed by atoms with Gasteiger partial charge in [0.05, 0.1) is 10.5 Å². The van der Waals surface area contributed by atoms with E-state index in [9.17, 15) is 8.42 Å². The minimum atomic E-state index is -2.99. The lowest BCUT2D eigenvalue weighted by Gasteiger charge is -2.32. The van der Waals surface area contributed by atoms with Gasteiger partial charge in [0.25, 0.3) is 0 Å². The van der Waals surface area contributed by atoms with Crippen molar-refractivity contribution in [3.63, 3.8) is 0 Å². The van der Waals surface area contributed by atoms with Gasteiger partial charge in [-0.2, -0.15) is 0 Å². The lowest BCUT2D eigenvalue weighted by molar-refractivity contribution is 0.209. The summed E-state index contributed by atoms with van der Waals surface area (Å²) in [7, 11) is -0.953. The van der Waals surface area contributed by atoms with Crippen molar-refractivity contribution in [2.75, 3.05) is 32.4 Å². The zero-order valence-electron chi connectivity index (χ0n) is 11.5. The van der Waals surface area contributed by atoms with Crippen molar-refractivity contribution in [1.82, 2.24) is 10.2 Å². The van der Waals surface area contributed by atoms with Gasteiger partial charge >= 0.3 is 0 Å². The van der Waals surface area contributed by atoms with E-state index in [4.69, 9.17) is 0 Å². The van der Waals surface area contributed by atoms with E-state index in [1.54, 1.807) is 20.8 Å². The first-order valence-corrected chi connectivity index (χ1v) is 8.02. The highest BCUT2D eigenvalue weighted by Gasteiger charge is 2.29. The summed E-state index contributed by atoms with van der Waals surface area (Å²) in [6, 6.07) is 0.534. The summed E-state index contributed by atoms with van der Waals surface area (Å²) < 4.78 is 23.4. The van der Waals surface area contributed by atoms with Crippen LogP contribution in [0.3, 0.4) is 0 Å². The summed E-state index contributed by atoms with van der Waals surface area (Å²) in [5.41, 5.74) is 0.